The second-order valence-corrected chi connectivity index (χ2v) is 9.62. The summed E-state index contributed by atoms with van der Waals surface area (Å²) >= 11 is 3.53. The van der Waals surface area contributed by atoms with Gasteiger partial charge in [-0.05, 0) is 74.6 Å². The number of nitrogens with zero attached hydrogens (tertiary/aromatic N) is 1. The summed E-state index contributed by atoms with van der Waals surface area (Å²) in [6, 6.07) is 9.18. The molecule has 1 N–H and O–H groups in total. The van der Waals surface area contributed by atoms with Crippen molar-refractivity contribution < 1.29 is 18.7 Å². The fourth-order valence-electron chi connectivity index (χ4n) is 4.16. The molecule has 0 heterocycles. The van der Waals surface area contributed by atoms with Crippen molar-refractivity contribution in [2.75, 3.05) is 6.61 Å². The van der Waals surface area contributed by atoms with Gasteiger partial charge in [-0.2, -0.15) is 0 Å². The minimum Gasteiger partial charge on any atom is -0.484 e. The maximum absolute atomic E-state index is 13.4. The third-order valence-corrected chi connectivity index (χ3v) is 7.41. The first kappa shape index (κ1) is 25.2. The molecule has 0 spiro atoms. The maximum atomic E-state index is 13.4. The van der Waals surface area contributed by atoms with Crippen molar-refractivity contribution in [1.82, 2.24) is 10.2 Å². The molecule has 1 saturated carbocycles. The third kappa shape index (κ3) is 7.03. The molecule has 0 unspecified atom stereocenters. The van der Waals surface area contributed by atoms with Gasteiger partial charge in [0.05, 0.1) is 0 Å². The van der Waals surface area contributed by atoms with E-state index in [0.29, 0.717) is 5.75 Å². The molecular weight excluding hydrogens is 487 g/mol. The lowest BCUT2D eigenvalue weighted by Gasteiger charge is -2.31. The smallest absolute Gasteiger partial charge is 0.261 e. The highest BCUT2D eigenvalue weighted by Gasteiger charge is 2.28. The highest BCUT2D eigenvalue weighted by molar-refractivity contribution is 9.10. The fourth-order valence-corrected chi connectivity index (χ4v) is 4.38. The highest BCUT2D eigenvalue weighted by atomic mass is 79.9. The third-order valence-electron chi connectivity index (χ3n) is 6.16. The lowest BCUT2D eigenvalue weighted by Crippen LogP contribution is -2.51. The van der Waals surface area contributed by atoms with Crippen LogP contribution < -0.4 is 10.1 Å². The molecule has 0 saturated heterocycles. The van der Waals surface area contributed by atoms with E-state index in [1.807, 2.05) is 26.0 Å². The monoisotopic (exact) mass is 518 g/mol. The Morgan fingerprint density at radius 1 is 1.12 bits per heavy atom. The molecule has 5 nitrogen and oxygen atoms in total. The van der Waals surface area contributed by atoms with Crippen LogP contribution in [0.2, 0.25) is 0 Å². The summed E-state index contributed by atoms with van der Waals surface area (Å²) < 4.78 is 20.2. The number of benzene rings is 2. The number of halogens is 2. The fraction of sp³-hybridized carbons (Fsp3) is 0.462. The number of nitrogens with one attached hydrogen (secondary N) is 1. The number of ether oxygens (including phenoxy) is 1. The van der Waals surface area contributed by atoms with Gasteiger partial charge in [0.25, 0.3) is 5.91 Å². The van der Waals surface area contributed by atoms with Crippen LogP contribution in [-0.4, -0.2) is 35.4 Å². The summed E-state index contributed by atoms with van der Waals surface area (Å²) in [5.74, 6) is -0.219. The van der Waals surface area contributed by atoms with E-state index >= 15 is 0 Å². The Labute approximate surface area is 203 Å². The van der Waals surface area contributed by atoms with Crippen LogP contribution in [0.4, 0.5) is 4.39 Å². The van der Waals surface area contributed by atoms with Gasteiger partial charge in [0.15, 0.2) is 6.61 Å². The zero-order valence-corrected chi connectivity index (χ0v) is 21.1. The largest absolute Gasteiger partial charge is 0.484 e. The van der Waals surface area contributed by atoms with Gasteiger partial charge in [-0.25, -0.2) is 4.39 Å². The van der Waals surface area contributed by atoms with Crippen LogP contribution in [0.3, 0.4) is 0 Å². The van der Waals surface area contributed by atoms with E-state index in [1.54, 1.807) is 19.1 Å². The van der Waals surface area contributed by atoms with Crippen molar-refractivity contribution in [3.63, 3.8) is 0 Å². The number of amides is 2. The van der Waals surface area contributed by atoms with Crippen LogP contribution in [0, 0.1) is 19.7 Å². The normalized spacial score (nSPS) is 15.1. The molecule has 0 radical (unpaired) electrons. The average molecular weight is 519 g/mol. The van der Waals surface area contributed by atoms with Crippen molar-refractivity contribution in [2.24, 2.45) is 0 Å². The van der Waals surface area contributed by atoms with Crippen molar-refractivity contribution >= 4 is 27.7 Å². The molecule has 178 valence electrons. The zero-order chi connectivity index (χ0) is 24.0. The number of rotatable bonds is 8. The number of aryl methyl sites for hydroxylation is 2. The summed E-state index contributed by atoms with van der Waals surface area (Å²) in [6.07, 6.45) is 5.35. The Morgan fingerprint density at radius 2 is 1.73 bits per heavy atom. The Balaban J connectivity index is 1.72. The first-order valence-corrected chi connectivity index (χ1v) is 12.3. The SMILES string of the molecule is Cc1cc(OCC(=O)N(Cc2ccc(F)cc2)[C@H](C)C(=O)NC2CCCCC2)cc(C)c1Br. The Kier molecular flexibility index (Phi) is 8.89. The van der Waals surface area contributed by atoms with E-state index in [-0.39, 0.29) is 36.8 Å². The van der Waals surface area contributed by atoms with E-state index < -0.39 is 6.04 Å². The Hall–Kier alpha value is -2.41. The predicted molar refractivity (Wildman–Crippen MR) is 131 cm³/mol. The first-order valence-electron chi connectivity index (χ1n) is 11.5. The van der Waals surface area contributed by atoms with Crippen LogP contribution in [0.1, 0.15) is 55.7 Å². The second-order valence-electron chi connectivity index (χ2n) is 8.83. The standard InChI is InChI=1S/C26H32BrFN2O3/c1-17-13-23(14-18(2)25(17)27)33-16-24(31)30(15-20-9-11-21(28)12-10-20)19(3)26(32)29-22-7-5-4-6-8-22/h9-14,19,22H,4-8,15-16H2,1-3H3,(H,29,32)/t19-/m1/s1. The number of hydrogen-bond donors (Lipinski definition) is 1. The average Bonchev–Trinajstić information content (AvgIpc) is 2.80. The van der Waals surface area contributed by atoms with Crippen LogP contribution in [0.25, 0.3) is 0 Å². The first-order chi connectivity index (χ1) is 15.7. The Bertz CT molecular complexity index is 951. The minimum absolute atomic E-state index is 0.154. The molecule has 0 bridgehead atoms. The molecule has 1 fully saturated rings. The summed E-state index contributed by atoms with van der Waals surface area (Å²) in [6.45, 7) is 5.66. The van der Waals surface area contributed by atoms with Crippen molar-refractivity contribution in [2.45, 2.75) is 71.5 Å². The quantitative estimate of drug-likeness (QED) is 0.505. The molecule has 2 aromatic rings. The van der Waals surface area contributed by atoms with Gasteiger partial charge in [0, 0.05) is 17.1 Å². The number of hydrogen-bond acceptors (Lipinski definition) is 3. The van der Waals surface area contributed by atoms with Crippen molar-refractivity contribution in [1.29, 1.82) is 0 Å². The topological polar surface area (TPSA) is 58.6 Å². The summed E-state index contributed by atoms with van der Waals surface area (Å²) in [7, 11) is 0. The lowest BCUT2D eigenvalue weighted by atomic mass is 9.95. The van der Waals surface area contributed by atoms with Gasteiger partial charge < -0.3 is 15.0 Å². The molecule has 1 atom stereocenters. The Morgan fingerprint density at radius 3 is 2.33 bits per heavy atom. The molecule has 1 aliphatic rings. The van der Waals surface area contributed by atoms with Gasteiger partial charge in [0.1, 0.15) is 17.6 Å². The van der Waals surface area contributed by atoms with E-state index in [4.69, 9.17) is 4.74 Å². The molecule has 1 aliphatic carbocycles. The van der Waals surface area contributed by atoms with Gasteiger partial charge in [-0.1, -0.05) is 47.3 Å². The van der Waals surface area contributed by atoms with Gasteiger partial charge in [-0.15, -0.1) is 0 Å². The van der Waals surface area contributed by atoms with Crippen LogP contribution >= 0.6 is 15.9 Å². The van der Waals surface area contributed by atoms with Crippen LogP contribution in [-0.2, 0) is 16.1 Å². The molecule has 3 rings (SSSR count). The van der Waals surface area contributed by atoms with E-state index in [9.17, 15) is 14.0 Å². The number of carbonyl (C=O) groups is 2. The van der Waals surface area contributed by atoms with Crippen molar-refractivity contribution in [3.8, 4) is 5.75 Å². The van der Waals surface area contributed by atoms with Crippen LogP contribution in [0.5, 0.6) is 5.75 Å². The molecule has 7 heteroatoms. The molecule has 0 aliphatic heterocycles. The highest BCUT2D eigenvalue weighted by Crippen LogP contribution is 2.26. The number of carbonyl (C=O) groups excluding carboxylic acids is 2. The molecule has 2 aromatic carbocycles. The van der Waals surface area contributed by atoms with Crippen molar-refractivity contribution in [3.05, 3.63) is 63.4 Å². The van der Waals surface area contributed by atoms with E-state index in [2.05, 4.69) is 21.2 Å². The molecular formula is C26H32BrFN2O3. The van der Waals surface area contributed by atoms with E-state index in [0.717, 1.165) is 46.8 Å². The van der Waals surface area contributed by atoms with Gasteiger partial charge >= 0.3 is 0 Å². The van der Waals surface area contributed by atoms with Gasteiger partial charge in [-0.3, -0.25) is 9.59 Å². The summed E-state index contributed by atoms with van der Waals surface area (Å²) in [4.78, 5) is 27.7. The maximum Gasteiger partial charge on any atom is 0.261 e. The summed E-state index contributed by atoms with van der Waals surface area (Å²) in [5.41, 5.74) is 2.78. The zero-order valence-electron chi connectivity index (χ0n) is 19.5. The lowest BCUT2D eigenvalue weighted by molar-refractivity contribution is -0.142. The van der Waals surface area contributed by atoms with Crippen LogP contribution in [0.15, 0.2) is 40.9 Å². The molecule has 33 heavy (non-hydrogen) atoms. The minimum atomic E-state index is -0.679. The predicted octanol–water partition coefficient (Wildman–Crippen LogP) is 5.45. The van der Waals surface area contributed by atoms with E-state index in [1.165, 1.54) is 23.5 Å². The second kappa shape index (κ2) is 11.6. The molecule has 2 amide bonds. The summed E-state index contributed by atoms with van der Waals surface area (Å²) in [5, 5.41) is 3.10. The molecule has 0 aromatic heterocycles. The van der Waals surface area contributed by atoms with Gasteiger partial charge in [0.2, 0.25) is 5.91 Å².